The molecule has 0 atom stereocenters. The van der Waals surface area contributed by atoms with Crippen molar-refractivity contribution in [3.63, 3.8) is 0 Å². The molecule has 16 heteroatoms. The van der Waals surface area contributed by atoms with Gasteiger partial charge in [-0.15, -0.1) is 0 Å². The van der Waals surface area contributed by atoms with E-state index in [9.17, 15) is 25.0 Å². The van der Waals surface area contributed by atoms with Crippen LogP contribution in [0.2, 0.25) is 0 Å². The van der Waals surface area contributed by atoms with Crippen LogP contribution in [0, 0.1) is 20.2 Å². The second-order valence-electron chi connectivity index (χ2n) is 14.5. The van der Waals surface area contributed by atoms with E-state index in [1.165, 1.54) is 41.7 Å². The van der Waals surface area contributed by atoms with Gasteiger partial charge in [-0.25, -0.2) is 14.8 Å². The van der Waals surface area contributed by atoms with Crippen molar-refractivity contribution in [2.45, 2.75) is 39.2 Å². The Morgan fingerprint density at radius 3 is 1.79 bits per heavy atom. The van der Waals surface area contributed by atoms with E-state index in [2.05, 4.69) is 42.0 Å². The van der Waals surface area contributed by atoms with Crippen molar-refractivity contribution in [3.8, 4) is 0 Å². The highest BCUT2D eigenvalue weighted by Gasteiger charge is 2.25. The van der Waals surface area contributed by atoms with Crippen molar-refractivity contribution in [3.05, 3.63) is 129 Å². The average Bonchev–Trinajstić information content (AvgIpc) is 3.82. The minimum atomic E-state index is -0.524. The third kappa shape index (κ3) is 8.92. The lowest BCUT2D eigenvalue weighted by molar-refractivity contribution is -0.384. The summed E-state index contributed by atoms with van der Waals surface area (Å²) >= 11 is 0. The van der Waals surface area contributed by atoms with Gasteiger partial charge >= 0.3 is 17.5 Å². The molecule has 0 fully saturated rings. The number of nitrogens with zero attached hydrogens (tertiary/aromatic N) is 5. The first-order valence-electron chi connectivity index (χ1n) is 18.5. The van der Waals surface area contributed by atoms with Gasteiger partial charge in [0.05, 0.1) is 9.85 Å². The van der Waals surface area contributed by atoms with Crippen molar-refractivity contribution in [2.75, 3.05) is 36.8 Å². The molecule has 57 heavy (non-hydrogen) atoms. The number of carbonyl (C=O) groups is 1. The Balaban J connectivity index is 0.000000179. The number of fused-ring (bicyclic) bond motifs is 2. The van der Waals surface area contributed by atoms with Crippen molar-refractivity contribution < 1.29 is 19.4 Å². The molecule has 0 bridgehead atoms. The fourth-order valence-corrected chi connectivity index (χ4v) is 6.76. The zero-order valence-corrected chi connectivity index (χ0v) is 31.7. The topological polar surface area (TPSA) is 209 Å². The van der Waals surface area contributed by atoms with E-state index < -0.39 is 15.4 Å². The first kappa shape index (κ1) is 38.2. The molecule has 8 rings (SSSR count). The van der Waals surface area contributed by atoms with Gasteiger partial charge in [0.25, 0.3) is 0 Å². The molecule has 292 valence electrons. The van der Waals surface area contributed by atoms with Gasteiger partial charge in [-0.3, -0.25) is 20.2 Å². The fraction of sp³-hybridized carbons (Fsp3) is 0.244. The lowest BCUT2D eigenvalue weighted by Crippen LogP contribution is -2.39. The maximum absolute atomic E-state index is 12.3. The van der Waals surface area contributed by atoms with Gasteiger partial charge in [-0.2, -0.15) is 0 Å². The number of nitro groups is 2. The van der Waals surface area contributed by atoms with Gasteiger partial charge in [0.2, 0.25) is 11.6 Å². The normalized spacial score (nSPS) is 14.3. The molecule has 0 saturated carbocycles. The van der Waals surface area contributed by atoms with E-state index in [0.29, 0.717) is 25.2 Å². The number of pyridine rings is 2. The zero-order chi connectivity index (χ0) is 40.1. The number of aromatic nitrogens is 4. The maximum Gasteiger partial charge on any atom is 0.410 e. The third-order valence-electron chi connectivity index (χ3n) is 9.47. The zero-order valence-electron chi connectivity index (χ0n) is 31.7. The molecule has 4 aromatic heterocycles. The molecule has 0 radical (unpaired) electrons. The molecule has 2 aliphatic rings. The van der Waals surface area contributed by atoms with E-state index in [1.807, 2.05) is 75.6 Å². The first-order valence-corrected chi connectivity index (χ1v) is 18.5. The largest absolute Gasteiger partial charge is 0.444 e. The molecule has 2 aromatic carbocycles. The van der Waals surface area contributed by atoms with Crippen LogP contribution in [0.4, 0.5) is 39.2 Å². The number of aromatic amines is 2. The van der Waals surface area contributed by atoms with Crippen molar-refractivity contribution in [1.82, 2.24) is 30.2 Å². The molecule has 0 saturated heterocycles. The molecule has 6 aromatic rings. The average molecular weight is 771 g/mol. The summed E-state index contributed by atoms with van der Waals surface area (Å²) in [4.78, 5) is 50.3. The summed E-state index contributed by atoms with van der Waals surface area (Å²) in [6.45, 7) is 8.46. The molecule has 0 spiro atoms. The summed E-state index contributed by atoms with van der Waals surface area (Å²) in [7, 11) is 0. The number of H-pyrrole nitrogens is 2. The Morgan fingerprint density at radius 2 is 1.33 bits per heavy atom. The molecular formula is C41H42N10O6. The number of anilines is 4. The van der Waals surface area contributed by atoms with Crippen molar-refractivity contribution in [1.29, 1.82) is 0 Å². The van der Waals surface area contributed by atoms with Crippen molar-refractivity contribution in [2.24, 2.45) is 0 Å². The van der Waals surface area contributed by atoms with Crippen LogP contribution in [0.1, 0.15) is 44.7 Å². The standard InChI is InChI=1S/C23H25N5O4.C18H17N5O2/c1-23(2,3)32-22(29)27-11-8-15(9-12-27)18-14-25-19-7-6-16(13-17(18)19)26-21-20(28(30)31)5-4-10-24-21;24-23(25)17-2-1-7-20-18(17)22-13-3-4-16-14(10-13)15(11-21-16)12-5-8-19-9-6-12/h4-8,10,13-14,25H,9,11-12H2,1-3H3,(H,24,26);1-5,7,10-11,19,21H,6,8-9H2,(H,20,22). The number of nitrogens with one attached hydrogen (secondary N) is 5. The molecule has 5 N–H and O–H groups in total. The summed E-state index contributed by atoms with van der Waals surface area (Å²) in [5, 5.41) is 33.9. The van der Waals surface area contributed by atoms with Gasteiger partial charge in [0, 0.05) is 101 Å². The maximum atomic E-state index is 12.3. The van der Waals surface area contributed by atoms with Crippen LogP contribution in [0.15, 0.2) is 97.6 Å². The molecule has 6 heterocycles. The number of rotatable bonds is 8. The van der Waals surface area contributed by atoms with E-state index in [1.54, 1.807) is 11.0 Å². The Bertz CT molecular complexity index is 2530. The summed E-state index contributed by atoms with van der Waals surface area (Å²) in [6.07, 6.45) is 12.6. The minimum Gasteiger partial charge on any atom is -0.444 e. The first-order chi connectivity index (χ1) is 27.4. The summed E-state index contributed by atoms with van der Waals surface area (Å²) in [5.74, 6) is 0.434. The second-order valence-corrected chi connectivity index (χ2v) is 14.5. The summed E-state index contributed by atoms with van der Waals surface area (Å²) in [6, 6.07) is 17.5. The molecule has 16 nitrogen and oxygen atoms in total. The highest BCUT2D eigenvalue weighted by atomic mass is 16.6. The quantitative estimate of drug-likeness (QED) is 0.0729. The van der Waals surface area contributed by atoms with E-state index >= 15 is 0 Å². The Labute approximate surface area is 327 Å². The molecule has 2 aliphatic heterocycles. The fourth-order valence-electron chi connectivity index (χ4n) is 6.76. The SMILES string of the molecule is CC(C)(C)OC(=O)N1CC=C(c2c[nH]c3ccc(Nc4ncccc4[N+](=O)[O-])cc23)CC1.O=[N+]([O-])c1cccnc1Nc1ccc2[nH]cc(C3=CCNCC3)c2c1. The number of ether oxygens (including phenoxy) is 1. The van der Waals surface area contributed by atoms with E-state index in [-0.39, 0.29) is 29.1 Å². The molecule has 1 amide bonds. The number of hydrogen-bond donors (Lipinski definition) is 5. The van der Waals surface area contributed by atoms with Gasteiger partial charge in [-0.05, 0) is 99.8 Å². The minimum absolute atomic E-state index is 0.0436. The number of hydrogen-bond acceptors (Lipinski definition) is 11. The Kier molecular flexibility index (Phi) is 11.0. The van der Waals surface area contributed by atoms with Crippen LogP contribution in [-0.4, -0.2) is 72.6 Å². The highest BCUT2D eigenvalue weighted by Crippen LogP contribution is 2.34. The van der Waals surface area contributed by atoms with Crippen LogP contribution in [0.25, 0.3) is 33.0 Å². The van der Waals surface area contributed by atoms with Gasteiger partial charge in [0.15, 0.2) is 0 Å². The lowest BCUT2D eigenvalue weighted by atomic mass is 9.99. The van der Waals surface area contributed by atoms with Gasteiger partial charge in [-0.1, -0.05) is 12.2 Å². The van der Waals surface area contributed by atoms with E-state index in [4.69, 9.17) is 4.74 Å². The highest BCUT2D eigenvalue weighted by molar-refractivity contribution is 5.96. The summed E-state index contributed by atoms with van der Waals surface area (Å²) < 4.78 is 5.46. The van der Waals surface area contributed by atoms with Crippen LogP contribution < -0.4 is 16.0 Å². The Hall–Kier alpha value is -7.07. The molecule has 0 unspecified atom stereocenters. The van der Waals surface area contributed by atoms with Crippen LogP contribution in [0.3, 0.4) is 0 Å². The van der Waals surface area contributed by atoms with Crippen molar-refractivity contribution >= 4 is 73.4 Å². The molecule has 0 aliphatic carbocycles. The Morgan fingerprint density at radius 1 is 0.789 bits per heavy atom. The smallest absolute Gasteiger partial charge is 0.410 e. The third-order valence-corrected chi connectivity index (χ3v) is 9.47. The van der Waals surface area contributed by atoms with Crippen LogP contribution in [0.5, 0.6) is 0 Å². The number of carbonyl (C=O) groups excluding carboxylic acids is 1. The number of benzene rings is 2. The summed E-state index contributed by atoms with van der Waals surface area (Å²) in [5.41, 5.74) is 7.48. The molecular weight excluding hydrogens is 729 g/mol. The van der Waals surface area contributed by atoms with Gasteiger partial charge < -0.3 is 35.6 Å². The second kappa shape index (κ2) is 16.3. The predicted octanol–water partition coefficient (Wildman–Crippen LogP) is 8.83. The van der Waals surface area contributed by atoms with E-state index in [0.717, 1.165) is 58.1 Å². The van der Waals surface area contributed by atoms with Crippen LogP contribution >= 0.6 is 0 Å². The predicted molar refractivity (Wildman–Crippen MR) is 221 cm³/mol. The van der Waals surface area contributed by atoms with Crippen LogP contribution in [-0.2, 0) is 4.74 Å². The number of amides is 1. The monoisotopic (exact) mass is 770 g/mol. The lowest BCUT2D eigenvalue weighted by Gasteiger charge is -2.29. The van der Waals surface area contributed by atoms with Gasteiger partial charge in [0.1, 0.15) is 5.60 Å².